The molecule has 0 aliphatic heterocycles. The van der Waals surface area contributed by atoms with Gasteiger partial charge >= 0.3 is 12.1 Å². The highest BCUT2D eigenvalue weighted by Gasteiger charge is 2.16. The van der Waals surface area contributed by atoms with Gasteiger partial charge in [0.1, 0.15) is 5.60 Å². The van der Waals surface area contributed by atoms with Crippen LogP contribution < -0.4 is 5.32 Å². The van der Waals surface area contributed by atoms with E-state index in [0.717, 1.165) is 16.5 Å². The number of ether oxygens (including phenoxy) is 1. The van der Waals surface area contributed by atoms with Gasteiger partial charge in [-0.2, -0.15) is 0 Å². The number of nitrogens with one attached hydrogen (secondary N) is 2. The second-order valence-corrected chi connectivity index (χ2v) is 5.73. The number of fused-ring (bicyclic) bond motifs is 1. The average Bonchev–Trinajstić information content (AvgIpc) is 2.76. The number of amides is 1. The number of rotatable bonds is 3. The van der Waals surface area contributed by atoms with Crippen molar-refractivity contribution in [3.05, 3.63) is 35.5 Å². The summed E-state index contributed by atoms with van der Waals surface area (Å²) < 4.78 is 5.16. The van der Waals surface area contributed by atoms with Crippen LogP contribution in [-0.4, -0.2) is 27.8 Å². The number of hydrogen-bond acceptors (Lipinski definition) is 3. The molecule has 6 nitrogen and oxygen atoms in total. The van der Waals surface area contributed by atoms with E-state index in [1.54, 1.807) is 39.1 Å². The van der Waals surface area contributed by atoms with Crippen LogP contribution in [0.3, 0.4) is 0 Å². The maximum atomic E-state index is 11.6. The molecule has 0 aliphatic rings. The molecule has 0 saturated carbocycles. The van der Waals surface area contributed by atoms with E-state index in [1.165, 1.54) is 6.07 Å². The number of hydrogen-bond donors (Lipinski definition) is 3. The van der Waals surface area contributed by atoms with E-state index < -0.39 is 17.7 Å². The number of alkyl carbamates (subject to hydrolysis) is 1. The van der Waals surface area contributed by atoms with E-state index in [-0.39, 0.29) is 12.1 Å². The van der Waals surface area contributed by atoms with Gasteiger partial charge in [0.05, 0.1) is 5.56 Å². The number of benzene rings is 1. The van der Waals surface area contributed by atoms with Crippen LogP contribution in [0.1, 0.15) is 36.7 Å². The van der Waals surface area contributed by atoms with Gasteiger partial charge in [0, 0.05) is 23.6 Å². The molecule has 1 heterocycles. The van der Waals surface area contributed by atoms with Crippen molar-refractivity contribution in [3.63, 3.8) is 0 Å². The van der Waals surface area contributed by atoms with Crippen LogP contribution in [0.2, 0.25) is 0 Å². The van der Waals surface area contributed by atoms with Crippen LogP contribution in [-0.2, 0) is 11.3 Å². The fourth-order valence-corrected chi connectivity index (χ4v) is 1.94. The van der Waals surface area contributed by atoms with Crippen LogP contribution in [0.15, 0.2) is 24.4 Å². The predicted molar refractivity (Wildman–Crippen MR) is 78.3 cm³/mol. The number of aromatic carboxylic acids is 1. The lowest BCUT2D eigenvalue weighted by atomic mass is 10.1. The first kappa shape index (κ1) is 14.9. The molecule has 1 aromatic heterocycles. The maximum absolute atomic E-state index is 11.6. The first-order chi connectivity index (χ1) is 9.76. The molecule has 1 amide bonds. The molecular formula is C15H18N2O4. The van der Waals surface area contributed by atoms with E-state index in [4.69, 9.17) is 9.84 Å². The van der Waals surface area contributed by atoms with Gasteiger partial charge in [0.15, 0.2) is 0 Å². The molecule has 0 radical (unpaired) electrons. The molecule has 0 atom stereocenters. The van der Waals surface area contributed by atoms with Crippen LogP contribution in [0.25, 0.3) is 10.9 Å². The molecule has 1 aromatic carbocycles. The molecule has 2 aromatic rings. The summed E-state index contributed by atoms with van der Waals surface area (Å²) in [5.41, 5.74) is 1.28. The second-order valence-electron chi connectivity index (χ2n) is 5.73. The van der Waals surface area contributed by atoms with Gasteiger partial charge in [-0.3, -0.25) is 0 Å². The number of H-pyrrole nitrogens is 1. The number of carboxylic acids is 1. The number of aromatic nitrogens is 1. The maximum Gasteiger partial charge on any atom is 0.407 e. The van der Waals surface area contributed by atoms with Crippen molar-refractivity contribution < 1.29 is 19.4 Å². The smallest absolute Gasteiger partial charge is 0.407 e. The fraction of sp³-hybridized carbons (Fsp3) is 0.333. The van der Waals surface area contributed by atoms with Crippen molar-refractivity contribution in [2.24, 2.45) is 0 Å². The lowest BCUT2D eigenvalue weighted by Crippen LogP contribution is -2.32. The predicted octanol–water partition coefficient (Wildman–Crippen LogP) is 2.89. The Morgan fingerprint density at radius 1 is 1.33 bits per heavy atom. The number of aromatic amines is 1. The summed E-state index contributed by atoms with van der Waals surface area (Å²) in [7, 11) is 0. The van der Waals surface area contributed by atoms with Gasteiger partial charge < -0.3 is 20.1 Å². The molecule has 0 unspecified atom stereocenters. The highest BCUT2D eigenvalue weighted by atomic mass is 16.6. The van der Waals surface area contributed by atoms with E-state index in [2.05, 4.69) is 10.3 Å². The van der Waals surface area contributed by atoms with Crippen LogP contribution in [0.5, 0.6) is 0 Å². The Bertz CT molecular complexity index is 683. The number of carbonyl (C=O) groups is 2. The zero-order valence-electron chi connectivity index (χ0n) is 12.2. The van der Waals surface area contributed by atoms with E-state index in [0.29, 0.717) is 0 Å². The van der Waals surface area contributed by atoms with Crippen molar-refractivity contribution in [1.29, 1.82) is 0 Å². The number of carboxylic acid groups (broad SMARTS) is 1. The Morgan fingerprint density at radius 2 is 2.05 bits per heavy atom. The highest BCUT2D eigenvalue weighted by Crippen LogP contribution is 2.20. The highest BCUT2D eigenvalue weighted by molar-refractivity contribution is 5.94. The molecule has 6 heteroatoms. The van der Waals surface area contributed by atoms with Crippen molar-refractivity contribution in [2.75, 3.05) is 0 Å². The van der Waals surface area contributed by atoms with Gasteiger partial charge in [-0.15, -0.1) is 0 Å². The summed E-state index contributed by atoms with van der Waals surface area (Å²) in [6.07, 6.45) is 1.24. The Hall–Kier alpha value is -2.50. The van der Waals surface area contributed by atoms with Crippen LogP contribution in [0, 0.1) is 0 Å². The van der Waals surface area contributed by atoms with E-state index in [1.807, 2.05) is 0 Å². The fourth-order valence-electron chi connectivity index (χ4n) is 1.94. The lowest BCUT2D eigenvalue weighted by Gasteiger charge is -2.19. The van der Waals surface area contributed by atoms with Gasteiger partial charge in [0.25, 0.3) is 0 Å². The van der Waals surface area contributed by atoms with Crippen LogP contribution in [0.4, 0.5) is 4.79 Å². The molecule has 0 bridgehead atoms. The third-order valence-electron chi connectivity index (χ3n) is 2.84. The van der Waals surface area contributed by atoms with E-state index in [9.17, 15) is 9.59 Å². The summed E-state index contributed by atoms with van der Waals surface area (Å²) in [4.78, 5) is 25.7. The molecule has 0 aliphatic carbocycles. The molecule has 3 N–H and O–H groups in total. The minimum Gasteiger partial charge on any atom is -0.478 e. The monoisotopic (exact) mass is 290 g/mol. The van der Waals surface area contributed by atoms with Crippen molar-refractivity contribution >= 4 is 23.0 Å². The third kappa shape index (κ3) is 3.75. The van der Waals surface area contributed by atoms with Gasteiger partial charge in [-0.05, 0) is 44.5 Å². The standard InChI is InChI=1S/C15H18N2O4/c1-15(2,3)21-14(20)17-8-10-7-16-12-5-4-9(13(18)19)6-11(10)12/h4-7,16H,8H2,1-3H3,(H,17,20)(H,18,19). The summed E-state index contributed by atoms with van der Waals surface area (Å²) in [5, 5.41) is 12.4. The van der Waals surface area contributed by atoms with E-state index >= 15 is 0 Å². The van der Waals surface area contributed by atoms with Gasteiger partial charge in [-0.25, -0.2) is 9.59 Å². The molecule has 2 rings (SSSR count). The molecule has 0 spiro atoms. The van der Waals surface area contributed by atoms with Gasteiger partial charge in [-0.1, -0.05) is 0 Å². The summed E-state index contributed by atoms with van der Waals surface area (Å²) >= 11 is 0. The molecule has 0 fully saturated rings. The first-order valence-electron chi connectivity index (χ1n) is 6.56. The topological polar surface area (TPSA) is 91.4 Å². The van der Waals surface area contributed by atoms with Crippen molar-refractivity contribution in [1.82, 2.24) is 10.3 Å². The number of carbonyl (C=O) groups excluding carboxylic acids is 1. The summed E-state index contributed by atoms with van der Waals surface area (Å²) in [5.74, 6) is -0.982. The first-order valence-corrected chi connectivity index (χ1v) is 6.56. The van der Waals surface area contributed by atoms with Gasteiger partial charge in [0.2, 0.25) is 0 Å². The van der Waals surface area contributed by atoms with Crippen molar-refractivity contribution in [3.8, 4) is 0 Å². The Balaban J connectivity index is 2.13. The Labute approximate surface area is 122 Å². The molecule has 21 heavy (non-hydrogen) atoms. The molecule has 0 saturated heterocycles. The zero-order chi connectivity index (χ0) is 15.6. The third-order valence-corrected chi connectivity index (χ3v) is 2.84. The SMILES string of the molecule is CC(C)(C)OC(=O)NCc1c[nH]c2ccc(C(=O)O)cc12. The Kier molecular flexibility index (Phi) is 3.88. The lowest BCUT2D eigenvalue weighted by molar-refractivity contribution is 0.0523. The normalized spacial score (nSPS) is 11.4. The second kappa shape index (κ2) is 5.47. The largest absolute Gasteiger partial charge is 0.478 e. The van der Waals surface area contributed by atoms with Crippen LogP contribution >= 0.6 is 0 Å². The quantitative estimate of drug-likeness (QED) is 0.810. The summed E-state index contributed by atoms with van der Waals surface area (Å²) in [6.45, 7) is 5.63. The molecule has 112 valence electrons. The average molecular weight is 290 g/mol. The molecular weight excluding hydrogens is 272 g/mol. The summed E-state index contributed by atoms with van der Waals surface area (Å²) in [6, 6.07) is 4.82. The van der Waals surface area contributed by atoms with Crippen molar-refractivity contribution in [2.45, 2.75) is 32.9 Å². The minimum atomic E-state index is -0.982. The zero-order valence-corrected chi connectivity index (χ0v) is 12.2. The minimum absolute atomic E-state index is 0.209. The Morgan fingerprint density at radius 3 is 2.67 bits per heavy atom.